The summed E-state index contributed by atoms with van der Waals surface area (Å²) in [6.45, 7) is 0. The zero-order chi connectivity index (χ0) is 41.0. The molecular formula is C57H37N5. The third-order valence-electron chi connectivity index (χ3n) is 12.0. The number of hydrogen-bond donors (Lipinski definition) is 0. The van der Waals surface area contributed by atoms with Crippen LogP contribution in [0.4, 0.5) is 0 Å². The predicted octanol–water partition coefficient (Wildman–Crippen LogP) is 14.4. The number of nitrogens with zero attached hydrogens (tertiary/aromatic N) is 5. The molecule has 0 fully saturated rings. The maximum atomic E-state index is 5.39. The first kappa shape index (κ1) is 35.5. The molecule has 0 spiro atoms. The van der Waals surface area contributed by atoms with Crippen molar-refractivity contribution in [1.29, 1.82) is 0 Å². The van der Waals surface area contributed by atoms with Crippen LogP contribution in [0.2, 0.25) is 0 Å². The lowest BCUT2D eigenvalue weighted by molar-refractivity contribution is 0.953. The highest BCUT2D eigenvalue weighted by molar-refractivity contribution is 6.24. The Hall–Kier alpha value is -8.41. The second kappa shape index (κ2) is 14.7. The Morgan fingerprint density at radius 2 is 0.710 bits per heavy atom. The summed E-state index contributed by atoms with van der Waals surface area (Å²) in [5.41, 5.74) is 14.1. The standard InChI is InChI=1S/C57H37N5/c1-5-18-38(19-6-1)39-32-34-43(35-33-39)56-58-55(42-24-11-4-12-25-42)59-57(60-56)62-50-30-16-14-27-46(50)48-37-36-47-45-26-13-15-29-49(45)61(53(47)54(48)62)51-31-17-28-44(40-20-7-2-8-21-40)52(51)41-22-9-3-10-23-41/h1-37H. The van der Waals surface area contributed by atoms with Gasteiger partial charge in [0, 0.05) is 38.2 Å². The van der Waals surface area contributed by atoms with E-state index in [1.807, 2.05) is 24.3 Å². The number of rotatable bonds is 7. The van der Waals surface area contributed by atoms with Gasteiger partial charge in [-0.15, -0.1) is 0 Å². The number of aromatic nitrogens is 5. The van der Waals surface area contributed by atoms with E-state index >= 15 is 0 Å². The zero-order valence-electron chi connectivity index (χ0n) is 33.6. The molecule has 0 atom stereocenters. The Morgan fingerprint density at radius 1 is 0.274 bits per heavy atom. The van der Waals surface area contributed by atoms with Gasteiger partial charge in [0.1, 0.15) is 0 Å². The highest BCUT2D eigenvalue weighted by Crippen LogP contribution is 2.45. The molecule has 3 aromatic heterocycles. The lowest BCUT2D eigenvalue weighted by atomic mass is 9.93. The summed E-state index contributed by atoms with van der Waals surface area (Å²) in [4.78, 5) is 15.9. The van der Waals surface area contributed by atoms with Gasteiger partial charge in [-0.1, -0.05) is 206 Å². The summed E-state index contributed by atoms with van der Waals surface area (Å²) in [5, 5.41) is 4.56. The maximum Gasteiger partial charge on any atom is 0.238 e. The number of fused-ring (bicyclic) bond motifs is 7. The average molecular weight is 792 g/mol. The van der Waals surface area contributed by atoms with Crippen molar-refractivity contribution < 1.29 is 0 Å². The van der Waals surface area contributed by atoms with Gasteiger partial charge in [0.05, 0.1) is 27.8 Å². The molecule has 0 radical (unpaired) electrons. The van der Waals surface area contributed by atoms with E-state index in [9.17, 15) is 0 Å². The fourth-order valence-electron chi connectivity index (χ4n) is 9.20. The first-order valence-corrected chi connectivity index (χ1v) is 21.0. The molecule has 3 heterocycles. The van der Waals surface area contributed by atoms with Crippen LogP contribution in [-0.4, -0.2) is 24.1 Å². The molecule has 62 heavy (non-hydrogen) atoms. The van der Waals surface area contributed by atoms with Gasteiger partial charge in [-0.3, -0.25) is 4.57 Å². The summed E-state index contributed by atoms with van der Waals surface area (Å²) >= 11 is 0. The van der Waals surface area contributed by atoms with Gasteiger partial charge in [0.25, 0.3) is 0 Å². The Morgan fingerprint density at radius 3 is 1.31 bits per heavy atom. The first-order chi connectivity index (χ1) is 30.8. The van der Waals surface area contributed by atoms with Crippen LogP contribution >= 0.6 is 0 Å². The maximum absolute atomic E-state index is 5.39. The molecule has 5 heteroatoms. The van der Waals surface area contributed by atoms with Crippen LogP contribution in [0.3, 0.4) is 0 Å². The smallest absolute Gasteiger partial charge is 0.238 e. The Bertz CT molecular complexity index is 3590. The minimum atomic E-state index is 0.554. The second-order valence-electron chi connectivity index (χ2n) is 15.6. The van der Waals surface area contributed by atoms with Gasteiger partial charge in [-0.25, -0.2) is 4.98 Å². The normalized spacial score (nSPS) is 11.5. The molecule has 12 aromatic rings. The van der Waals surface area contributed by atoms with Crippen molar-refractivity contribution in [3.63, 3.8) is 0 Å². The molecule has 0 aliphatic heterocycles. The van der Waals surface area contributed by atoms with E-state index in [4.69, 9.17) is 15.0 Å². The summed E-state index contributed by atoms with van der Waals surface area (Å²) in [7, 11) is 0. The lowest BCUT2D eigenvalue weighted by Gasteiger charge is -2.19. The van der Waals surface area contributed by atoms with Gasteiger partial charge >= 0.3 is 0 Å². The molecule has 0 unspecified atom stereocenters. The van der Waals surface area contributed by atoms with Crippen LogP contribution in [0.25, 0.3) is 111 Å². The van der Waals surface area contributed by atoms with Gasteiger partial charge in [0.15, 0.2) is 11.6 Å². The van der Waals surface area contributed by atoms with Crippen LogP contribution < -0.4 is 0 Å². The van der Waals surface area contributed by atoms with Gasteiger partial charge in [-0.05, 0) is 46.0 Å². The average Bonchev–Trinajstić information content (AvgIpc) is 3.88. The molecule has 0 saturated heterocycles. The fraction of sp³-hybridized carbons (Fsp3) is 0. The van der Waals surface area contributed by atoms with E-state index in [0.717, 1.165) is 82.9 Å². The largest absolute Gasteiger partial charge is 0.307 e. The number of benzene rings is 9. The van der Waals surface area contributed by atoms with E-state index in [1.165, 1.54) is 10.9 Å². The van der Waals surface area contributed by atoms with Gasteiger partial charge in [0.2, 0.25) is 5.95 Å². The number of para-hydroxylation sites is 2. The highest BCUT2D eigenvalue weighted by Gasteiger charge is 2.25. The second-order valence-corrected chi connectivity index (χ2v) is 15.6. The molecule has 0 aliphatic rings. The van der Waals surface area contributed by atoms with E-state index < -0.39 is 0 Å². The van der Waals surface area contributed by atoms with E-state index in [2.05, 4.69) is 209 Å². The Kier molecular flexibility index (Phi) is 8.42. The van der Waals surface area contributed by atoms with Crippen LogP contribution in [0.1, 0.15) is 0 Å². The summed E-state index contributed by atoms with van der Waals surface area (Å²) in [6, 6.07) is 79.3. The molecular weight excluding hydrogens is 755 g/mol. The Balaban J connectivity index is 1.20. The minimum absolute atomic E-state index is 0.554. The molecule has 0 saturated carbocycles. The molecule has 0 bridgehead atoms. The molecule has 9 aromatic carbocycles. The molecule has 0 aliphatic carbocycles. The van der Waals surface area contributed by atoms with Crippen molar-refractivity contribution in [2.75, 3.05) is 0 Å². The van der Waals surface area contributed by atoms with E-state index in [0.29, 0.717) is 17.6 Å². The van der Waals surface area contributed by atoms with Crippen LogP contribution in [0.5, 0.6) is 0 Å². The number of hydrogen-bond acceptors (Lipinski definition) is 3. The van der Waals surface area contributed by atoms with Crippen LogP contribution in [0.15, 0.2) is 224 Å². The first-order valence-electron chi connectivity index (χ1n) is 21.0. The summed E-state index contributed by atoms with van der Waals surface area (Å²) < 4.78 is 4.74. The van der Waals surface area contributed by atoms with Crippen LogP contribution in [0, 0.1) is 0 Å². The monoisotopic (exact) mass is 791 g/mol. The molecule has 290 valence electrons. The predicted molar refractivity (Wildman–Crippen MR) is 256 cm³/mol. The van der Waals surface area contributed by atoms with E-state index in [1.54, 1.807) is 0 Å². The molecule has 5 nitrogen and oxygen atoms in total. The third kappa shape index (κ3) is 5.82. The fourth-order valence-corrected chi connectivity index (χ4v) is 9.20. The van der Waals surface area contributed by atoms with Crippen molar-refractivity contribution in [3.8, 4) is 67.8 Å². The Labute approximate surface area is 358 Å². The highest BCUT2D eigenvalue weighted by atomic mass is 15.2. The van der Waals surface area contributed by atoms with Crippen molar-refractivity contribution in [2.24, 2.45) is 0 Å². The lowest BCUT2D eigenvalue weighted by Crippen LogP contribution is -2.07. The van der Waals surface area contributed by atoms with Crippen molar-refractivity contribution >= 4 is 43.6 Å². The van der Waals surface area contributed by atoms with Gasteiger partial charge < -0.3 is 4.57 Å². The summed E-state index contributed by atoms with van der Waals surface area (Å²) in [5.74, 6) is 1.77. The third-order valence-corrected chi connectivity index (χ3v) is 12.0. The zero-order valence-corrected chi connectivity index (χ0v) is 33.6. The topological polar surface area (TPSA) is 48.5 Å². The van der Waals surface area contributed by atoms with Crippen molar-refractivity contribution in [3.05, 3.63) is 224 Å². The van der Waals surface area contributed by atoms with Crippen LogP contribution in [-0.2, 0) is 0 Å². The quantitative estimate of drug-likeness (QED) is 0.162. The van der Waals surface area contributed by atoms with E-state index in [-0.39, 0.29) is 0 Å². The van der Waals surface area contributed by atoms with Crippen molar-refractivity contribution in [1.82, 2.24) is 24.1 Å². The molecule has 0 amide bonds. The minimum Gasteiger partial charge on any atom is -0.307 e. The molecule has 0 N–H and O–H groups in total. The summed E-state index contributed by atoms with van der Waals surface area (Å²) in [6.07, 6.45) is 0. The SMILES string of the molecule is c1ccc(-c2ccc(-c3nc(-c4ccccc4)nc(-n4c5ccccc5c5ccc6c7ccccc7n(-c7cccc(-c8ccccc8)c7-c7ccccc7)c6c54)n3)cc2)cc1. The molecule has 12 rings (SSSR count). The van der Waals surface area contributed by atoms with Crippen molar-refractivity contribution in [2.45, 2.75) is 0 Å². The van der Waals surface area contributed by atoms with Gasteiger partial charge in [-0.2, -0.15) is 9.97 Å².